The Morgan fingerprint density at radius 3 is 2.54 bits per heavy atom. The van der Waals surface area contributed by atoms with Crippen LogP contribution in [0.4, 0.5) is 0 Å². The van der Waals surface area contributed by atoms with Gasteiger partial charge >= 0.3 is 0 Å². The predicted octanol–water partition coefficient (Wildman–Crippen LogP) is 0.510. The van der Waals surface area contributed by atoms with Crippen LogP contribution in [0.3, 0.4) is 0 Å². The minimum absolute atomic E-state index is 0.0373. The summed E-state index contributed by atoms with van der Waals surface area (Å²) in [5.74, 6) is -0.456. The monoisotopic (exact) mass is 186 g/mol. The molecule has 0 aromatic rings. The van der Waals surface area contributed by atoms with Crippen LogP contribution in [0.5, 0.6) is 0 Å². The lowest BCUT2D eigenvalue weighted by Crippen LogP contribution is -2.33. The Balaban J connectivity index is 3.48. The van der Waals surface area contributed by atoms with Gasteiger partial charge in [-0.15, -0.1) is 0 Å². The average molecular weight is 186 g/mol. The first-order valence-corrected chi connectivity index (χ1v) is 4.68. The first kappa shape index (κ1) is 11.9. The summed E-state index contributed by atoms with van der Waals surface area (Å²) in [7, 11) is 0. The Hall–Kier alpha value is -1.06. The zero-order chi connectivity index (χ0) is 10.1. The largest absolute Gasteiger partial charge is 0.368 e. The number of unbranched alkanes of at least 4 members (excludes halogenated alkanes) is 3. The quantitative estimate of drug-likeness (QED) is 0.443. The van der Waals surface area contributed by atoms with Crippen molar-refractivity contribution in [3.05, 3.63) is 0 Å². The van der Waals surface area contributed by atoms with Gasteiger partial charge < -0.3 is 10.6 Å². The van der Waals surface area contributed by atoms with E-state index in [9.17, 15) is 9.59 Å². The van der Waals surface area contributed by atoms with Crippen LogP contribution in [-0.2, 0) is 9.59 Å². The summed E-state index contributed by atoms with van der Waals surface area (Å²) in [6, 6.07) is 0. The van der Waals surface area contributed by atoms with E-state index in [0.717, 1.165) is 19.3 Å². The second-order valence-electron chi connectivity index (χ2n) is 3.10. The maximum Gasteiger partial charge on any atom is 0.237 e. The molecule has 13 heavy (non-hydrogen) atoms. The third-order valence-corrected chi connectivity index (χ3v) is 1.81. The van der Waals surface area contributed by atoms with Gasteiger partial charge in [-0.1, -0.05) is 26.2 Å². The van der Waals surface area contributed by atoms with Gasteiger partial charge in [0.15, 0.2) is 0 Å². The lowest BCUT2D eigenvalue weighted by molar-refractivity contribution is -0.126. The third-order valence-electron chi connectivity index (χ3n) is 1.81. The van der Waals surface area contributed by atoms with Crippen molar-refractivity contribution in [2.45, 2.75) is 32.6 Å². The summed E-state index contributed by atoms with van der Waals surface area (Å²) < 4.78 is 0. The number of hydrogen-bond acceptors (Lipinski definition) is 2. The van der Waals surface area contributed by atoms with E-state index in [1.807, 2.05) is 0 Å². The van der Waals surface area contributed by atoms with Gasteiger partial charge in [0.2, 0.25) is 12.3 Å². The maximum atomic E-state index is 10.5. The molecule has 76 valence electrons. The zero-order valence-electron chi connectivity index (χ0n) is 8.16. The standard InChI is InChI=1S/C9H18N2O2/c1-2-3-4-5-6-11(8-12)7-9(10)13/h8H,2-7H2,1H3,(H2,10,13). The van der Waals surface area contributed by atoms with Crippen LogP contribution < -0.4 is 5.73 Å². The van der Waals surface area contributed by atoms with Crippen LogP contribution in [0.2, 0.25) is 0 Å². The highest BCUT2D eigenvalue weighted by Gasteiger charge is 2.03. The van der Waals surface area contributed by atoms with Gasteiger partial charge in [0, 0.05) is 6.54 Å². The van der Waals surface area contributed by atoms with E-state index in [-0.39, 0.29) is 6.54 Å². The zero-order valence-corrected chi connectivity index (χ0v) is 8.16. The topological polar surface area (TPSA) is 63.4 Å². The molecule has 0 rings (SSSR count). The first-order chi connectivity index (χ1) is 6.20. The minimum Gasteiger partial charge on any atom is -0.368 e. The van der Waals surface area contributed by atoms with Gasteiger partial charge in [-0.25, -0.2) is 0 Å². The van der Waals surface area contributed by atoms with E-state index in [0.29, 0.717) is 13.0 Å². The molecule has 4 nitrogen and oxygen atoms in total. The SMILES string of the molecule is CCCCCCN(C=O)CC(N)=O. The van der Waals surface area contributed by atoms with E-state index < -0.39 is 5.91 Å². The van der Waals surface area contributed by atoms with Gasteiger partial charge in [-0.2, -0.15) is 0 Å². The summed E-state index contributed by atoms with van der Waals surface area (Å²) in [4.78, 5) is 22.3. The highest BCUT2D eigenvalue weighted by molar-refractivity contribution is 5.77. The molecule has 0 aliphatic carbocycles. The van der Waals surface area contributed by atoms with E-state index >= 15 is 0 Å². The lowest BCUT2D eigenvalue weighted by atomic mass is 10.2. The number of amides is 2. The Morgan fingerprint density at radius 1 is 1.38 bits per heavy atom. The molecule has 0 atom stereocenters. The van der Waals surface area contributed by atoms with E-state index in [1.165, 1.54) is 11.3 Å². The number of nitrogens with zero attached hydrogens (tertiary/aromatic N) is 1. The van der Waals surface area contributed by atoms with Gasteiger partial charge in [-0.3, -0.25) is 9.59 Å². The highest BCUT2D eigenvalue weighted by Crippen LogP contribution is 1.99. The highest BCUT2D eigenvalue weighted by atomic mass is 16.2. The van der Waals surface area contributed by atoms with Crippen molar-refractivity contribution < 1.29 is 9.59 Å². The second kappa shape index (κ2) is 7.58. The molecule has 2 N–H and O–H groups in total. The normalized spacial score (nSPS) is 9.62. The Labute approximate surface area is 79.1 Å². The van der Waals surface area contributed by atoms with Crippen LogP contribution in [0.25, 0.3) is 0 Å². The predicted molar refractivity (Wildman–Crippen MR) is 51.0 cm³/mol. The molecular weight excluding hydrogens is 168 g/mol. The number of carbonyl (C=O) groups excluding carboxylic acids is 2. The molecule has 0 aromatic heterocycles. The molecule has 0 aromatic carbocycles. The van der Waals surface area contributed by atoms with E-state index in [1.54, 1.807) is 0 Å². The van der Waals surface area contributed by atoms with Crippen LogP contribution >= 0.6 is 0 Å². The molecule has 0 spiro atoms. The molecule has 0 bridgehead atoms. The Kier molecular flexibility index (Phi) is 6.96. The fourth-order valence-corrected chi connectivity index (χ4v) is 1.11. The molecule has 0 aliphatic heterocycles. The summed E-state index contributed by atoms with van der Waals surface area (Å²) in [6.07, 6.45) is 5.05. The molecule has 0 saturated carbocycles. The third kappa shape index (κ3) is 7.31. The van der Waals surface area contributed by atoms with Gasteiger partial charge in [0.25, 0.3) is 0 Å². The van der Waals surface area contributed by atoms with Crippen LogP contribution in [-0.4, -0.2) is 30.3 Å². The van der Waals surface area contributed by atoms with Crippen molar-refractivity contribution in [2.24, 2.45) is 5.73 Å². The number of primary amides is 1. The van der Waals surface area contributed by atoms with Crippen molar-refractivity contribution in [1.29, 1.82) is 0 Å². The summed E-state index contributed by atoms with van der Waals surface area (Å²) in [5.41, 5.74) is 4.96. The van der Waals surface area contributed by atoms with Gasteiger partial charge in [0.05, 0.1) is 6.54 Å². The molecule has 0 heterocycles. The number of nitrogens with two attached hydrogens (primary N) is 1. The first-order valence-electron chi connectivity index (χ1n) is 4.68. The van der Waals surface area contributed by atoms with Crippen LogP contribution in [0.1, 0.15) is 32.6 Å². The number of rotatable bonds is 8. The Bertz CT molecular complexity index is 160. The van der Waals surface area contributed by atoms with Gasteiger partial charge in [0.1, 0.15) is 0 Å². The Morgan fingerprint density at radius 2 is 2.08 bits per heavy atom. The summed E-state index contributed by atoms with van der Waals surface area (Å²) in [5, 5.41) is 0. The molecule has 2 amide bonds. The van der Waals surface area contributed by atoms with Crippen molar-refractivity contribution in [3.63, 3.8) is 0 Å². The van der Waals surface area contributed by atoms with E-state index in [4.69, 9.17) is 5.73 Å². The van der Waals surface area contributed by atoms with Crippen molar-refractivity contribution >= 4 is 12.3 Å². The molecule has 0 fully saturated rings. The number of hydrogen-bond donors (Lipinski definition) is 1. The smallest absolute Gasteiger partial charge is 0.237 e. The minimum atomic E-state index is -0.456. The number of carbonyl (C=O) groups is 2. The van der Waals surface area contributed by atoms with E-state index in [2.05, 4.69) is 6.92 Å². The molecule has 0 radical (unpaired) electrons. The van der Waals surface area contributed by atoms with Crippen molar-refractivity contribution in [2.75, 3.05) is 13.1 Å². The molecule has 0 unspecified atom stereocenters. The summed E-state index contributed by atoms with van der Waals surface area (Å²) >= 11 is 0. The van der Waals surface area contributed by atoms with Crippen LogP contribution in [0.15, 0.2) is 0 Å². The van der Waals surface area contributed by atoms with Gasteiger partial charge in [-0.05, 0) is 6.42 Å². The summed E-state index contributed by atoms with van der Waals surface area (Å²) in [6.45, 7) is 2.79. The second-order valence-corrected chi connectivity index (χ2v) is 3.10. The molecule has 0 saturated heterocycles. The van der Waals surface area contributed by atoms with Crippen molar-refractivity contribution in [1.82, 2.24) is 4.90 Å². The molecule has 0 aliphatic rings. The fourth-order valence-electron chi connectivity index (χ4n) is 1.11. The van der Waals surface area contributed by atoms with Crippen LogP contribution in [0, 0.1) is 0 Å². The maximum absolute atomic E-state index is 10.5. The average Bonchev–Trinajstić information content (AvgIpc) is 2.09. The van der Waals surface area contributed by atoms with Crippen molar-refractivity contribution in [3.8, 4) is 0 Å². The molecule has 4 heteroatoms. The lowest BCUT2D eigenvalue weighted by Gasteiger charge is -2.14. The fraction of sp³-hybridized carbons (Fsp3) is 0.778. The molecular formula is C9H18N2O2.